The van der Waals surface area contributed by atoms with Crippen LogP contribution in [-0.4, -0.2) is 37.9 Å². The number of rotatable bonds is 6. The molecule has 4 rings (SSSR count). The van der Waals surface area contributed by atoms with Crippen LogP contribution >= 0.6 is 23.4 Å². The van der Waals surface area contributed by atoms with Crippen LogP contribution in [0.15, 0.2) is 52.5 Å². The molecule has 10 heteroatoms. The van der Waals surface area contributed by atoms with Gasteiger partial charge in [0, 0.05) is 22.7 Å². The Bertz CT molecular complexity index is 1220. The number of hydrogen-bond acceptors (Lipinski definition) is 6. The molecule has 2 heterocycles. The average Bonchev–Trinajstić information content (AvgIpc) is 3.14. The first kappa shape index (κ1) is 20.5. The maximum atomic E-state index is 14.1. The summed E-state index contributed by atoms with van der Waals surface area (Å²) in [7, 11) is 0. The fraction of sp³-hybridized carbons (Fsp3) is 0.150. The van der Waals surface area contributed by atoms with Crippen molar-refractivity contribution in [3.05, 3.63) is 59.1 Å². The number of benzene rings is 2. The normalized spacial score (nSPS) is 12.3. The van der Waals surface area contributed by atoms with E-state index in [9.17, 15) is 13.9 Å². The minimum atomic E-state index is -0.708. The van der Waals surface area contributed by atoms with Crippen LogP contribution in [0.2, 0.25) is 5.02 Å². The summed E-state index contributed by atoms with van der Waals surface area (Å²) in [5.74, 6) is -0.958. The van der Waals surface area contributed by atoms with E-state index >= 15 is 0 Å². The summed E-state index contributed by atoms with van der Waals surface area (Å²) < 4.78 is 27.3. The monoisotopic (exact) mass is 447 g/mol. The van der Waals surface area contributed by atoms with Crippen molar-refractivity contribution in [3.63, 3.8) is 0 Å². The number of anilines is 1. The van der Waals surface area contributed by atoms with E-state index in [1.54, 1.807) is 13.0 Å². The minimum Gasteiger partial charge on any atom is -0.394 e. The van der Waals surface area contributed by atoms with Gasteiger partial charge in [0.15, 0.2) is 10.8 Å². The highest BCUT2D eigenvalue weighted by Gasteiger charge is 2.20. The third kappa shape index (κ3) is 4.09. The van der Waals surface area contributed by atoms with Crippen LogP contribution in [0.25, 0.3) is 22.3 Å². The lowest BCUT2D eigenvalue weighted by atomic mass is 10.1. The van der Waals surface area contributed by atoms with Gasteiger partial charge in [-0.1, -0.05) is 29.8 Å². The molecule has 0 bridgehead atoms. The van der Waals surface area contributed by atoms with Gasteiger partial charge in [-0.2, -0.15) is 5.10 Å². The van der Waals surface area contributed by atoms with Gasteiger partial charge in [0.2, 0.25) is 0 Å². The Morgan fingerprint density at radius 1 is 1.20 bits per heavy atom. The lowest BCUT2D eigenvalue weighted by Crippen LogP contribution is -2.20. The summed E-state index contributed by atoms with van der Waals surface area (Å²) in [6.07, 6.45) is 0. The second-order valence-corrected chi connectivity index (χ2v) is 7.95. The number of aromatic amines is 1. The molecule has 2 aromatic carbocycles. The smallest absolute Gasteiger partial charge is 0.196 e. The van der Waals surface area contributed by atoms with Gasteiger partial charge in [-0.25, -0.2) is 18.7 Å². The van der Waals surface area contributed by atoms with Gasteiger partial charge in [-0.05, 0) is 36.9 Å². The Labute approximate surface area is 179 Å². The third-order valence-corrected chi connectivity index (χ3v) is 5.53. The summed E-state index contributed by atoms with van der Waals surface area (Å²) in [6.45, 7) is 1.66. The molecule has 0 spiro atoms. The van der Waals surface area contributed by atoms with Gasteiger partial charge in [-0.15, -0.1) is 0 Å². The Kier molecular flexibility index (Phi) is 5.85. The van der Waals surface area contributed by atoms with Crippen molar-refractivity contribution in [3.8, 4) is 11.3 Å². The van der Waals surface area contributed by atoms with Gasteiger partial charge in [0.1, 0.15) is 17.5 Å². The van der Waals surface area contributed by atoms with Crippen LogP contribution < -0.4 is 5.32 Å². The molecule has 0 aliphatic heterocycles. The van der Waals surface area contributed by atoms with E-state index in [1.165, 1.54) is 12.1 Å². The largest absolute Gasteiger partial charge is 0.394 e. The second-order valence-electron chi connectivity index (χ2n) is 6.54. The van der Waals surface area contributed by atoms with E-state index < -0.39 is 11.6 Å². The van der Waals surface area contributed by atoms with Crippen LogP contribution in [0.4, 0.5) is 14.6 Å². The lowest BCUT2D eigenvalue weighted by Gasteiger charge is -2.14. The Balaban J connectivity index is 1.84. The van der Waals surface area contributed by atoms with E-state index in [2.05, 4.69) is 25.5 Å². The highest BCUT2D eigenvalue weighted by atomic mass is 35.5. The number of fused-ring (bicyclic) bond motifs is 1. The molecule has 154 valence electrons. The Morgan fingerprint density at radius 2 is 2.00 bits per heavy atom. The number of aliphatic hydroxyl groups excluding tert-OH is 1. The van der Waals surface area contributed by atoms with Crippen LogP contribution in [0.1, 0.15) is 6.92 Å². The molecule has 6 nitrogen and oxygen atoms in total. The molecule has 30 heavy (non-hydrogen) atoms. The summed E-state index contributed by atoms with van der Waals surface area (Å²) >= 11 is 7.29. The molecular weight excluding hydrogens is 432 g/mol. The van der Waals surface area contributed by atoms with Crippen LogP contribution in [0, 0.1) is 11.6 Å². The lowest BCUT2D eigenvalue weighted by molar-refractivity contribution is 0.281. The summed E-state index contributed by atoms with van der Waals surface area (Å²) in [4.78, 5) is 9.09. The Morgan fingerprint density at radius 3 is 2.73 bits per heavy atom. The minimum absolute atomic E-state index is 0.125. The number of halogens is 3. The van der Waals surface area contributed by atoms with Gasteiger partial charge >= 0.3 is 0 Å². The predicted molar refractivity (Wildman–Crippen MR) is 113 cm³/mol. The van der Waals surface area contributed by atoms with E-state index in [0.717, 1.165) is 23.4 Å². The van der Waals surface area contributed by atoms with E-state index in [0.29, 0.717) is 27.6 Å². The molecular formula is C20H16ClF2N5OS. The number of nitrogens with zero attached hydrogens (tertiary/aromatic N) is 3. The van der Waals surface area contributed by atoms with Crippen molar-refractivity contribution in [2.24, 2.45) is 0 Å². The highest BCUT2D eigenvalue weighted by molar-refractivity contribution is 7.99. The molecule has 0 aliphatic carbocycles. The van der Waals surface area contributed by atoms with Crippen molar-refractivity contribution >= 4 is 40.2 Å². The molecule has 2 aromatic heterocycles. The number of H-pyrrole nitrogens is 1. The van der Waals surface area contributed by atoms with Gasteiger partial charge < -0.3 is 10.4 Å². The Hall–Kier alpha value is -2.75. The number of nitrogens with one attached hydrogen (secondary N) is 2. The molecule has 0 saturated carbocycles. The number of aromatic nitrogens is 4. The predicted octanol–water partition coefficient (Wildman–Crippen LogP) is 4.90. The zero-order valence-electron chi connectivity index (χ0n) is 15.7. The first-order chi connectivity index (χ1) is 14.5. The molecule has 0 fully saturated rings. The topological polar surface area (TPSA) is 86.7 Å². The molecule has 1 atom stereocenters. The van der Waals surface area contributed by atoms with E-state index in [-0.39, 0.29) is 22.7 Å². The quantitative estimate of drug-likeness (QED) is 0.365. The molecule has 0 aliphatic rings. The average molecular weight is 448 g/mol. The van der Waals surface area contributed by atoms with Gasteiger partial charge in [0.25, 0.3) is 0 Å². The van der Waals surface area contributed by atoms with Crippen LogP contribution in [0.5, 0.6) is 0 Å². The van der Waals surface area contributed by atoms with Crippen molar-refractivity contribution < 1.29 is 13.9 Å². The van der Waals surface area contributed by atoms with Crippen molar-refractivity contribution in [1.82, 2.24) is 20.2 Å². The van der Waals surface area contributed by atoms with Crippen LogP contribution in [-0.2, 0) is 0 Å². The summed E-state index contributed by atoms with van der Waals surface area (Å²) in [5, 5.41) is 21.1. The van der Waals surface area contributed by atoms with Crippen molar-refractivity contribution in [2.45, 2.75) is 23.0 Å². The summed E-state index contributed by atoms with van der Waals surface area (Å²) in [6, 6.07) is 10.3. The molecule has 3 N–H and O–H groups in total. The number of aliphatic hydroxyl groups is 1. The van der Waals surface area contributed by atoms with Crippen molar-refractivity contribution in [1.29, 1.82) is 0 Å². The molecule has 0 radical (unpaired) electrons. The number of hydrogen-bond donors (Lipinski definition) is 3. The van der Waals surface area contributed by atoms with Gasteiger partial charge in [0.05, 0.1) is 22.6 Å². The zero-order chi connectivity index (χ0) is 21.3. The molecule has 0 saturated heterocycles. The first-order valence-corrected chi connectivity index (χ1v) is 10.2. The van der Waals surface area contributed by atoms with E-state index in [4.69, 9.17) is 11.6 Å². The fourth-order valence-electron chi connectivity index (χ4n) is 2.85. The fourth-order valence-corrected chi connectivity index (χ4v) is 3.84. The van der Waals surface area contributed by atoms with E-state index in [1.807, 2.05) is 18.2 Å². The maximum Gasteiger partial charge on any atom is 0.196 e. The maximum absolute atomic E-state index is 14.1. The molecule has 4 aromatic rings. The van der Waals surface area contributed by atoms with Crippen molar-refractivity contribution in [2.75, 3.05) is 11.9 Å². The zero-order valence-corrected chi connectivity index (χ0v) is 17.2. The first-order valence-electron chi connectivity index (χ1n) is 8.97. The molecule has 0 unspecified atom stereocenters. The van der Waals surface area contributed by atoms with Gasteiger partial charge in [-0.3, -0.25) is 5.10 Å². The molecule has 0 amide bonds. The van der Waals surface area contributed by atoms with Crippen LogP contribution in [0.3, 0.4) is 0 Å². The second kappa shape index (κ2) is 8.55. The standard InChI is InChI=1S/C20H16ClF2N5OS/c1-10(9-29)24-18-16-17(12-4-2-3-5-13(12)21)27-28-19(16)26-20(25-18)30-15-7-6-11(22)8-14(15)23/h2-8,10,29H,9H2,1H3,(H2,24,25,26,27,28)/t10-/m0/s1. The highest BCUT2D eigenvalue weighted by Crippen LogP contribution is 2.37. The third-order valence-electron chi connectivity index (χ3n) is 4.29. The SMILES string of the molecule is C[C@@H](CO)Nc1nc(Sc2ccc(F)cc2F)nc2n[nH]c(-c3ccccc3Cl)c12. The summed E-state index contributed by atoms with van der Waals surface area (Å²) in [5.41, 5.74) is 1.68.